The molecular formula is C22H30N4O5. The van der Waals surface area contributed by atoms with E-state index in [4.69, 9.17) is 9.47 Å². The number of nitrogens with zero attached hydrogens (tertiary/aromatic N) is 2. The molecule has 4 rings (SSSR count). The molecule has 2 N–H and O–H groups in total. The van der Waals surface area contributed by atoms with Gasteiger partial charge < -0.3 is 14.8 Å². The first kappa shape index (κ1) is 21.4. The molecule has 1 aromatic carbocycles. The Kier molecular flexibility index (Phi) is 6.04. The van der Waals surface area contributed by atoms with Crippen LogP contribution in [-0.2, 0) is 9.59 Å². The quantitative estimate of drug-likeness (QED) is 0.671. The molecule has 168 valence electrons. The maximum Gasteiger partial charge on any atom is 0.344 e. The van der Waals surface area contributed by atoms with Gasteiger partial charge in [0.05, 0.1) is 20.8 Å². The van der Waals surface area contributed by atoms with E-state index in [1.54, 1.807) is 14.2 Å². The topological polar surface area (TPSA) is 100 Å². The normalized spacial score (nSPS) is 23.2. The highest BCUT2D eigenvalue weighted by molar-refractivity contribution is 6.08. The van der Waals surface area contributed by atoms with Gasteiger partial charge in [0.15, 0.2) is 0 Å². The minimum atomic E-state index is -0.852. The molecule has 0 radical (unpaired) electrons. The van der Waals surface area contributed by atoms with Crippen LogP contribution in [0, 0.1) is 0 Å². The summed E-state index contributed by atoms with van der Waals surface area (Å²) in [6, 6.07) is 5.14. The van der Waals surface area contributed by atoms with Crippen LogP contribution in [0.2, 0.25) is 0 Å². The van der Waals surface area contributed by atoms with E-state index in [9.17, 15) is 14.4 Å². The summed E-state index contributed by atoms with van der Waals surface area (Å²) in [5, 5.41) is 3.68. The second kappa shape index (κ2) is 8.74. The molecule has 1 saturated carbocycles. The van der Waals surface area contributed by atoms with Crippen molar-refractivity contribution in [2.75, 3.05) is 27.3 Å². The number of hydrazine groups is 1. The average molecular weight is 431 g/mol. The van der Waals surface area contributed by atoms with Gasteiger partial charge in [-0.15, -0.1) is 0 Å². The van der Waals surface area contributed by atoms with Crippen molar-refractivity contribution in [3.05, 3.63) is 23.8 Å². The highest BCUT2D eigenvalue weighted by Crippen LogP contribution is 2.38. The first-order valence-electron chi connectivity index (χ1n) is 10.9. The smallest absolute Gasteiger partial charge is 0.344 e. The Labute approximate surface area is 182 Å². The van der Waals surface area contributed by atoms with E-state index in [1.165, 1.54) is 0 Å². The Balaban J connectivity index is 1.43. The summed E-state index contributed by atoms with van der Waals surface area (Å²) < 4.78 is 10.8. The molecule has 0 aromatic heterocycles. The number of methoxy groups -OCH3 is 2. The van der Waals surface area contributed by atoms with Gasteiger partial charge in [-0.2, -0.15) is 5.01 Å². The molecule has 3 fully saturated rings. The van der Waals surface area contributed by atoms with E-state index in [1.807, 2.05) is 18.2 Å². The summed E-state index contributed by atoms with van der Waals surface area (Å²) in [6.45, 7) is 0.835. The summed E-state index contributed by atoms with van der Waals surface area (Å²) in [5.41, 5.74) is 2.67. The van der Waals surface area contributed by atoms with Crippen LogP contribution in [0.5, 0.6) is 11.5 Å². The van der Waals surface area contributed by atoms with Crippen molar-refractivity contribution in [1.29, 1.82) is 0 Å². The standard InChI is InChI=1S/C22H30N4O5/c1-30-15-8-9-16(18(13-15)31-2)17-7-6-12-25(17)14-19(27)24-26-20(28)22(23-21(26)29)10-4-3-5-11-22/h8-9,13,17H,3-7,10-12,14H2,1-2H3,(H,23,29)(H,24,27). The van der Waals surface area contributed by atoms with E-state index in [0.717, 1.165) is 49.2 Å². The van der Waals surface area contributed by atoms with Crippen molar-refractivity contribution >= 4 is 17.8 Å². The summed E-state index contributed by atoms with van der Waals surface area (Å²) in [6.07, 6.45) is 5.93. The number of imide groups is 1. The van der Waals surface area contributed by atoms with Gasteiger partial charge in [0.25, 0.3) is 11.8 Å². The summed E-state index contributed by atoms with van der Waals surface area (Å²) in [7, 11) is 3.22. The lowest BCUT2D eigenvalue weighted by Crippen LogP contribution is -2.52. The van der Waals surface area contributed by atoms with Gasteiger partial charge in [-0.3, -0.25) is 19.9 Å². The minimum Gasteiger partial charge on any atom is -0.497 e. The molecule has 2 heterocycles. The first-order chi connectivity index (χ1) is 15.0. The number of nitrogens with one attached hydrogen (secondary N) is 2. The third kappa shape index (κ3) is 4.06. The predicted octanol–water partition coefficient (Wildman–Crippen LogP) is 2.13. The van der Waals surface area contributed by atoms with Gasteiger partial charge in [-0.05, 0) is 38.3 Å². The van der Waals surface area contributed by atoms with E-state index in [-0.39, 0.29) is 24.4 Å². The highest BCUT2D eigenvalue weighted by Gasteiger charge is 2.52. The van der Waals surface area contributed by atoms with E-state index >= 15 is 0 Å². The summed E-state index contributed by atoms with van der Waals surface area (Å²) in [4.78, 5) is 40.1. The third-order valence-electron chi connectivity index (χ3n) is 6.62. The lowest BCUT2D eigenvalue weighted by Gasteiger charge is -2.30. The van der Waals surface area contributed by atoms with Gasteiger partial charge in [-0.25, -0.2) is 4.79 Å². The molecule has 1 spiro atoms. The van der Waals surface area contributed by atoms with Crippen molar-refractivity contribution in [3.63, 3.8) is 0 Å². The van der Waals surface area contributed by atoms with Gasteiger partial charge in [-0.1, -0.05) is 25.3 Å². The lowest BCUT2D eigenvalue weighted by molar-refractivity contribution is -0.140. The van der Waals surface area contributed by atoms with Crippen LogP contribution in [0.15, 0.2) is 18.2 Å². The first-order valence-corrected chi connectivity index (χ1v) is 10.9. The number of hydrogen-bond acceptors (Lipinski definition) is 6. The number of amides is 4. The fourth-order valence-electron chi connectivity index (χ4n) is 5.02. The highest BCUT2D eigenvalue weighted by atomic mass is 16.5. The number of urea groups is 1. The molecule has 2 aliphatic heterocycles. The number of carbonyl (C=O) groups is 3. The third-order valence-corrected chi connectivity index (χ3v) is 6.62. The fraction of sp³-hybridized carbons (Fsp3) is 0.591. The van der Waals surface area contributed by atoms with Gasteiger partial charge in [0, 0.05) is 17.7 Å². The van der Waals surface area contributed by atoms with Crippen LogP contribution in [0.4, 0.5) is 4.79 Å². The number of hydrogen-bond donors (Lipinski definition) is 2. The van der Waals surface area contributed by atoms with Crippen LogP contribution in [-0.4, -0.2) is 60.6 Å². The Morgan fingerprint density at radius 3 is 2.65 bits per heavy atom. The maximum atomic E-state index is 12.9. The molecule has 1 aliphatic carbocycles. The second-order valence-corrected chi connectivity index (χ2v) is 8.48. The summed E-state index contributed by atoms with van der Waals surface area (Å²) >= 11 is 0. The average Bonchev–Trinajstić information content (AvgIpc) is 3.32. The molecule has 2 saturated heterocycles. The van der Waals surface area contributed by atoms with Crippen molar-refractivity contribution in [3.8, 4) is 11.5 Å². The number of rotatable bonds is 6. The van der Waals surface area contributed by atoms with Crippen LogP contribution in [0.3, 0.4) is 0 Å². The lowest BCUT2D eigenvalue weighted by atomic mass is 9.82. The predicted molar refractivity (Wildman–Crippen MR) is 112 cm³/mol. The number of ether oxygens (including phenoxy) is 2. The number of benzene rings is 1. The molecule has 1 unspecified atom stereocenters. The van der Waals surface area contributed by atoms with Crippen LogP contribution < -0.4 is 20.2 Å². The maximum absolute atomic E-state index is 12.9. The molecule has 0 bridgehead atoms. The second-order valence-electron chi connectivity index (χ2n) is 8.48. The van der Waals surface area contributed by atoms with E-state index in [2.05, 4.69) is 15.6 Å². The zero-order valence-corrected chi connectivity index (χ0v) is 18.1. The number of carbonyl (C=O) groups excluding carboxylic acids is 3. The van der Waals surface area contributed by atoms with E-state index < -0.39 is 11.6 Å². The Morgan fingerprint density at radius 2 is 1.94 bits per heavy atom. The van der Waals surface area contributed by atoms with Crippen LogP contribution >= 0.6 is 0 Å². The van der Waals surface area contributed by atoms with Crippen molar-refractivity contribution < 1.29 is 23.9 Å². The van der Waals surface area contributed by atoms with Gasteiger partial charge in [0.1, 0.15) is 17.0 Å². The molecule has 4 amide bonds. The van der Waals surface area contributed by atoms with Crippen LogP contribution in [0.25, 0.3) is 0 Å². The van der Waals surface area contributed by atoms with Gasteiger partial charge in [0.2, 0.25) is 0 Å². The van der Waals surface area contributed by atoms with E-state index in [0.29, 0.717) is 24.3 Å². The Morgan fingerprint density at radius 1 is 1.16 bits per heavy atom. The van der Waals surface area contributed by atoms with Crippen molar-refractivity contribution in [2.24, 2.45) is 0 Å². The number of likely N-dealkylation sites (tertiary alicyclic amines) is 1. The molecule has 1 aromatic rings. The summed E-state index contributed by atoms with van der Waals surface area (Å²) in [5.74, 6) is 0.694. The van der Waals surface area contributed by atoms with Crippen LogP contribution in [0.1, 0.15) is 56.6 Å². The largest absolute Gasteiger partial charge is 0.497 e. The SMILES string of the molecule is COc1ccc(C2CCCN2CC(=O)NN2C(=O)NC3(CCCCC3)C2=O)c(OC)c1. The van der Waals surface area contributed by atoms with Gasteiger partial charge >= 0.3 is 6.03 Å². The van der Waals surface area contributed by atoms with Crippen molar-refractivity contribution in [1.82, 2.24) is 20.7 Å². The molecule has 3 aliphatic rings. The molecule has 1 atom stereocenters. The monoisotopic (exact) mass is 430 g/mol. The van der Waals surface area contributed by atoms with Crippen molar-refractivity contribution in [2.45, 2.75) is 56.5 Å². The molecule has 9 nitrogen and oxygen atoms in total. The molecular weight excluding hydrogens is 400 g/mol. The molecule has 9 heteroatoms. The Hall–Kier alpha value is -2.81. The zero-order valence-electron chi connectivity index (χ0n) is 18.1. The zero-order chi connectivity index (χ0) is 22.0. The molecule has 31 heavy (non-hydrogen) atoms. The Bertz CT molecular complexity index is 867. The fourth-order valence-corrected chi connectivity index (χ4v) is 5.02. The minimum absolute atomic E-state index is 0.0133.